The Bertz CT molecular complexity index is 952. The molecule has 0 saturated heterocycles. The topological polar surface area (TPSA) is 61.5 Å². The highest BCUT2D eigenvalue weighted by molar-refractivity contribution is 7.99. The Balaban J connectivity index is 1.77. The molecular weight excluding hydrogens is 336 g/mol. The minimum Gasteiger partial charge on any atom is -0.497 e. The minimum atomic E-state index is 0.696. The summed E-state index contributed by atoms with van der Waals surface area (Å²) in [5.41, 5.74) is 2.90. The number of fused-ring (bicyclic) bond motifs is 1. The van der Waals surface area contributed by atoms with Gasteiger partial charge in [0.05, 0.1) is 19.9 Å². The van der Waals surface area contributed by atoms with E-state index in [1.807, 2.05) is 48.5 Å². The SMILES string of the molecule is COc1cccc(C2=Nn3c(nnc3-c3cccc(OC)c3)SC2)c1. The van der Waals surface area contributed by atoms with E-state index >= 15 is 0 Å². The Morgan fingerprint density at radius 3 is 2.32 bits per heavy atom. The van der Waals surface area contributed by atoms with E-state index in [4.69, 9.17) is 14.6 Å². The normalized spacial score (nSPS) is 13.1. The van der Waals surface area contributed by atoms with Crippen LogP contribution < -0.4 is 9.47 Å². The van der Waals surface area contributed by atoms with Gasteiger partial charge < -0.3 is 9.47 Å². The summed E-state index contributed by atoms with van der Waals surface area (Å²) in [6.45, 7) is 0. The summed E-state index contributed by atoms with van der Waals surface area (Å²) in [5, 5.41) is 14.1. The van der Waals surface area contributed by atoms with Gasteiger partial charge >= 0.3 is 0 Å². The Kier molecular flexibility index (Phi) is 4.15. The van der Waals surface area contributed by atoms with Gasteiger partial charge in [-0.25, -0.2) is 0 Å². The average molecular weight is 352 g/mol. The van der Waals surface area contributed by atoms with Crippen LogP contribution in [0.1, 0.15) is 5.56 Å². The lowest BCUT2D eigenvalue weighted by molar-refractivity contribution is 0.414. The third kappa shape index (κ3) is 2.98. The van der Waals surface area contributed by atoms with Crippen LogP contribution in [0, 0.1) is 0 Å². The maximum Gasteiger partial charge on any atom is 0.212 e. The van der Waals surface area contributed by atoms with Gasteiger partial charge in [-0.05, 0) is 24.3 Å². The van der Waals surface area contributed by atoms with Crippen LogP contribution in [0.5, 0.6) is 11.5 Å². The van der Waals surface area contributed by atoms with Crippen molar-refractivity contribution in [2.24, 2.45) is 5.10 Å². The number of thioether (sulfide) groups is 1. The molecule has 1 aliphatic rings. The molecule has 25 heavy (non-hydrogen) atoms. The predicted molar refractivity (Wildman–Crippen MR) is 97.7 cm³/mol. The molecule has 0 unspecified atom stereocenters. The molecule has 4 rings (SSSR count). The Hall–Kier alpha value is -2.80. The number of benzene rings is 2. The Morgan fingerprint density at radius 1 is 0.920 bits per heavy atom. The van der Waals surface area contributed by atoms with Crippen molar-refractivity contribution in [3.8, 4) is 22.9 Å². The summed E-state index contributed by atoms with van der Waals surface area (Å²) >= 11 is 1.62. The van der Waals surface area contributed by atoms with Crippen LogP contribution in [0.25, 0.3) is 11.4 Å². The molecule has 0 amide bonds. The Morgan fingerprint density at radius 2 is 1.60 bits per heavy atom. The monoisotopic (exact) mass is 352 g/mol. The maximum atomic E-state index is 5.31. The van der Waals surface area contributed by atoms with Crippen LogP contribution in [0.15, 0.2) is 58.8 Å². The summed E-state index contributed by atoms with van der Waals surface area (Å²) in [6, 6.07) is 15.6. The molecule has 126 valence electrons. The largest absolute Gasteiger partial charge is 0.497 e. The number of methoxy groups -OCH3 is 2. The van der Waals surface area contributed by atoms with E-state index in [0.717, 1.165) is 39.2 Å². The highest BCUT2D eigenvalue weighted by Gasteiger charge is 2.21. The second-order valence-corrected chi connectivity index (χ2v) is 6.36. The van der Waals surface area contributed by atoms with Crippen LogP contribution in [0.4, 0.5) is 0 Å². The van der Waals surface area contributed by atoms with E-state index in [9.17, 15) is 0 Å². The maximum absolute atomic E-state index is 5.31. The lowest BCUT2D eigenvalue weighted by Gasteiger charge is -2.14. The second-order valence-electron chi connectivity index (χ2n) is 5.42. The molecule has 0 saturated carbocycles. The van der Waals surface area contributed by atoms with E-state index in [0.29, 0.717) is 5.82 Å². The summed E-state index contributed by atoms with van der Waals surface area (Å²) in [6.07, 6.45) is 0. The number of nitrogens with zero attached hydrogens (tertiary/aromatic N) is 4. The van der Waals surface area contributed by atoms with Crippen molar-refractivity contribution in [1.29, 1.82) is 0 Å². The first-order chi connectivity index (χ1) is 12.3. The van der Waals surface area contributed by atoms with Gasteiger partial charge in [0, 0.05) is 16.9 Å². The highest BCUT2D eigenvalue weighted by atomic mass is 32.2. The molecule has 1 aromatic heterocycles. The smallest absolute Gasteiger partial charge is 0.212 e. The fourth-order valence-electron chi connectivity index (χ4n) is 2.61. The molecule has 7 heteroatoms. The Labute approximate surface area is 149 Å². The number of hydrogen-bond donors (Lipinski definition) is 0. The minimum absolute atomic E-state index is 0.696. The molecule has 0 fully saturated rings. The van der Waals surface area contributed by atoms with E-state index in [1.165, 1.54) is 0 Å². The van der Waals surface area contributed by atoms with E-state index in [2.05, 4.69) is 10.2 Å². The van der Waals surface area contributed by atoms with Gasteiger partial charge in [0.1, 0.15) is 11.5 Å². The van der Waals surface area contributed by atoms with E-state index in [-0.39, 0.29) is 0 Å². The zero-order chi connectivity index (χ0) is 17.2. The van der Waals surface area contributed by atoms with Gasteiger partial charge in [0.2, 0.25) is 5.16 Å². The molecule has 2 heterocycles. The molecule has 0 bridgehead atoms. The lowest BCUT2D eigenvalue weighted by Crippen LogP contribution is -2.13. The standard InChI is InChI=1S/C18H16N4O2S/c1-23-14-7-3-5-12(9-14)16-11-25-18-20-19-17(22(18)21-16)13-6-4-8-15(10-13)24-2/h3-10H,11H2,1-2H3. The third-order valence-electron chi connectivity index (χ3n) is 3.90. The predicted octanol–water partition coefficient (Wildman–Crippen LogP) is 3.32. The molecule has 0 N–H and O–H groups in total. The number of rotatable bonds is 4. The molecule has 2 aromatic carbocycles. The molecule has 3 aromatic rings. The molecule has 0 radical (unpaired) electrons. The van der Waals surface area contributed by atoms with Gasteiger partial charge in [-0.15, -0.1) is 10.2 Å². The van der Waals surface area contributed by atoms with Gasteiger partial charge in [0.15, 0.2) is 5.82 Å². The van der Waals surface area contributed by atoms with Gasteiger partial charge in [-0.3, -0.25) is 0 Å². The fourth-order valence-corrected chi connectivity index (χ4v) is 3.45. The van der Waals surface area contributed by atoms with Crippen LogP contribution in [0.2, 0.25) is 0 Å². The fraction of sp³-hybridized carbons (Fsp3) is 0.167. The van der Waals surface area contributed by atoms with Crippen molar-refractivity contribution in [3.05, 3.63) is 54.1 Å². The zero-order valence-electron chi connectivity index (χ0n) is 13.8. The molecular formula is C18H16N4O2S. The first kappa shape index (κ1) is 15.7. The van der Waals surface area contributed by atoms with Crippen molar-refractivity contribution in [2.75, 3.05) is 20.0 Å². The van der Waals surface area contributed by atoms with Crippen molar-refractivity contribution in [1.82, 2.24) is 14.9 Å². The first-order valence-electron chi connectivity index (χ1n) is 7.73. The van der Waals surface area contributed by atoms with Crippen molar-refractivity contribution >= 4 is 17.5 Å². The second kappa shape index (κ2) is 6.60. The first-order valence-corrected chi connectivity index (χ1v) is 8.72. The zero-order valence-corrected chi connectivity index (χ0v) is 14.7. The van der Waals surface area contributed by atoms with Crippen LogP contribution in [-0.2, 0) is 0 Å². The lowest BCUT2D eigenvalue weighted by atomic mass is 10.1. The number of hydrogen-bond acceptors (Lipinski definition) is 6. The molecule has 0 spiro atoms. The summed E-state index contributed by atoms with van der Waals surface area (Å²) < 4.78 is 12.4. The van der Waals surface area contributed by atoms with Crippen molar-refractivity contribution in [3.63, 3.8) is 0 Å². The summed E-state index contributed by atoms with van der Waals surface area (Å²) in [4.78, 5) is 0. The quantitative estimate of drug-likeness (QED) is 0.721. The van der Waals surface area contributed by atoms with E-state index in [1.54, 1.807) is 30.7 Å². The number of ether oxygens (including phenoxy) is 2. The van der Waals surface area contributed by atoms with Crippen LogP contribution in [0.3, 0.4) is 0 Å². The van der Waals surface area contributed by atoms with Gasteiger partial charge in [-0.1, -0.05) is 36.0 Å². The molecule has 1 aliphatic heterocycles. The summed E-state index contributed by atoms with van der Waals surface area (Å²) in [7, 11) is 3.31. The van der Waals surface area contributed by atoms with Crippen molar-refractivity contribution in [2.45, 2.75) is 5.16 Å². The van der Waals surface area contributed by atoms with Crippen LogP contribution in [-0.4, -0.2) is 40.6 Å². The van der Waals surface area contributed by atoms with Gasteiger partial charge in [-0.2, -0.15) is 9.78 Å². The molecule has 0 aliphatic carbocycles. The average Bonchev–Trinajstić information content (AvgIpc) is 3.11. The summed E-state index contributed by atoms with van der Waals surface area (Å²) in [5.74, 6) is 3.02. The molecule has 0 atom stereocenters. The number of aromatic nitrogens is 3. The van der Waals surface area contributed by atoms with Crippen molar-refractivity contribution < 1.29 is 9.47 Å². The highest BCUT2D eigenvalue weighted by Crippen LogP contribution is 2.30. The van der Waals surface area contributed by atoms with E-state index < -0.39 is 0 Å². The third-order valence-corrected chi connectivity index (χ3v) is 4.83. The van der Waals surface area contributed by atoms with Crippen LogP contribution >= 0.6 is 11.8 Å². The molecule has 6 nitrogen and oxygen atoms in total. The van der Waals surface area contributed by atoms with Gasteiger partial charge in [0.25, 0.3) is 0 Å².